The molecule has 27 heavy (non-hydrogen) atoms. The van der Waals surface area contributed by atoms with E-state index in [-0.39, 0.29) is 12.1 Å². The van der Waals surface area contributed by atoms with Crippen molar-refractivity contribution in [3.05, 3.63) is 78.0 Å². The Labute approximate surface area is 153 Å². The second-order valence-corrected chi connectivity index (χ2v) is 5.89. The first-order valence-corrected chi connectivity index (χ1v) is 8.12. The molecule has 1 aliphatic rings. The number of benzene rings is 1. The van der Waals surface area contributed by atoms with Crippen molar-refractivity contribution in [2.45, 2.75) is 6.54 Å². The van der Waals surface area contributed by atoms with Gasteiger partial charge < -0.3 is 4.42 Å². The summed E-state index contributed by atoms with van der Waals surface area (Å²) in [4.78, 5) is 37.8. The van der Waals surface area contributed by atoms with Crippen molar-refractivity contribution in [2.24, 2.45) is 0 Å². The van der Waals surface area contributed by atoms with Crippen molar-refractivity contribution in [3.8, 4) is 5.69 Å². The van der Waals surface area contributed by atoms with Gasteiger partial charge in [0, 0.05) is 17.3 Å². The molecule has 1 saturated heterocycles. The van der Waals surface area contributed by atoms with Crippen LogP contribution >= 0.6 is 0 Å². The number of hydrogen-bond acceptors (Lipinski definition) is 5. The molecule has 0 bridgehead atoms. The monoisotopic (exact) mass is 362 g/mol. The van der Waals surface area contributed by atoms with Crippen LogP contribution in [0.1, 0.15) is 11.1 Å². The highest BCUT2D eigenvalue weighted by Crippen LogP contribution is 2.17. The van der Waals surface area contributed by atoms with Crippen molar-refractivity contribution in [3.63, 3.8) is 0 Å². The fourth-order valence-corrected chi connectivity index (χ4v) is 2.70. The molecule has 2 aromatic heterocycles. The van der Waals surface area contributed by atoms with Crippen LogP contribution in [0.25, 0.3) is 11.8 Å². The number of nitrogens with zero attached hydrogens (tertiary/aromatic N) is 3. The number of urea groups is 1. The van der Waals surface area contributed by atoms with Gasteiger partial charge in [-0.05, 0) is 24.3 Å². The van der Waals surface area contributed by atoms with E-state index >= 15 is 0 Å². The van der Waals surface area contributed by atoms with Gasteiger partial charge in [-0.2, -0.15) is 5.10 Å². The Hall–Kier alpha value is -3.94. The van der Waals surface area contributed by atoms with Crippen LogP contribution in [0.3, 0.4) is 0 Å². The molecule has 0 radical (unpaired) electrons. The molecule has 1 aliphatic heterocycles. The number of hydrogen-bond donors (Lipinski definition) is 1. The molecule has 0 unspecified atom stereocenters. The van der Waals surface area contributed by atoms with Gasteiger partial charge in [-0.3, -0.25) is 19.8 Å². The minimum atomic E-state index is -0.761. The maximum atomic E-state index is 12.7. The molecule has 1 N–H and O–H groups in total. The third-order valence-corrected chi connectivity index (χ3v) is 4.04. The molecule has 1 aromatic carbocycles. The summed E-state index contributed by atoms with van der Waals surface area (Å²) in [6.07, 6.45) is 7.53. The van der Waals surface area contributed by atoms with Gasteiger partial charge in [-0.25, -0.2) is 9.48 Å². The largest absolute Gasteiger partial charge is 0.472 e. The second kappa shape index (κ2) is 6.75. The number of rotatable bonds is 4. The third kappa shape index (κ3) is 3.28. The van der Waals surface area contributed by atoms with E-state index < -0.39 is 17.8 Å². The van der Waals surface area contributed by atoms with E-state index in [1.807, 2.05) is 30.3 Å². The highest BCUT2D eigenvalue weighted by molar-refractivity contribution is 6.30. The lowest BCUT2D eigenvalue weighted by molar-refractivity contribution is -0.130. The topological polar surface area (TPSA) is 97.4 Å². The SMILES string of the molecule is O=C1NC(=O)N(Cc2ccoc2)C(=O)/C1=C/c1cnn(-c2ccccc2)c1. The number of carbonyl (C=O) groups is 3. The first-order valence-electron chi connectivity index (χ1n) is 8.12. The van der Waals surface area contributed by atoms with Crippen molar-refractivity contribution in [1.82, 2.24) is 20.0 Å². The molecule has 8 heteroatoms. The summed E-state index contributed by atoms with van der Waals surface area (Å²) in [6, 6.07) is 10.3. The molecule has 4 rings (SSSR count). The van der Waals surface area contributed by atoms with Crippen molar-refractivity contribution in [1.29, 1.82) is 0 Å². The number of barbiturate groups is 1. The van der Waals surface area contributed by atoms with Crippen LogP contribution in [0.4, 0.5) is 4.79 Å². The van der Waals surface area contributed by atoms with Gasteiger partial charge in [-0.1, -0.05) is 18.2 Å². The Kier molecular flexibility index (Phi) is 4.13. The summed E-state index contributed by atoms with van der Waals surface area (Å²) in [5, 5.41) is 6.42. The summed E-state index contributed by atoms with van der Waals surface area (Å²) in [6.45, 7) is 0.00899. The zero-order chi connectivity index (χ0) is 18.8. The van der Waals surface area contributed by atoms with Gasteiger partial charge in [0.05, 0.1) is 31.0 Å². The van der Waals surface area contributed by atoms with Gasteiger partial charge in [0.1, 0.15) is 5.57 Å². The van der Waals surface area contributed by atoms with E-state index in [0.29, 0.717) is 11.1 Å². The summed E-state index contributed by atoms with van der Waals surface area (Å²) in [7, 11) is 0. The van der Waals surface area contributed by atoms with Crippen molar-refractivity contribution < 1.29 is 18.8 Å². The van der Waals surface area contributed by atoms with Crippen LogP contribution in [-0.2, 0) is 16.1 Å². The average Bonchev–Trinajstić information content (AvgIpc) is 3.35. The fraction of sp³-hybridized carbons (Fsp3) is 0.0526. The Morgan fingerprint density at radius 2 is 1.93 bits per heavy atom. The van der Waals surface area contributed by atoms with E-state index in [9.17, 15) is 14.4 Å². The van der Waals surface area contributed by atoms with E-state index in [2.05, 4.69) is 10.4 Å². The first kappa shape index (κ1) is 16.5. The van der Waals surface area contributed by atoms with Gasteiger partial charge >= 0.3 is 6.03 Å². The van der Waals surface area contributed by atoms with Gasteiger partial charge in [-0.15, -0.1) is 0 Å². The number of amides is 4. The Bertz CT molecular complexity index is 1030. The van der Waals surface area contributed by atoms with Crippen LogP contribution in [0.5, 0.6) is 0 Å². The molecular weight excluding hydrogens is 348 g/mol. The number of carbonyl (C=O) groups excluding carboxylic acids is 3. The zero-order valence-electron chi connectivity index (χ0n) is 14.0. The molecule has 0 spiro atoms. The smallest absolute Gasteiger partial charge is 0.331 e. The highest BCUT2D eigenvalue weighted by atomic mass is 16.3. The molecule has 8 nitrogen and oxygen atoms in total. The Morgan fingerprint density at radius 1 is 1.11 bits per heavy atom. The fourth-order valence-electron chi connectivity index (χ4n) is 2.70. The zero-order valence-corrected chi connectivity index (χ0v) is 14.0. The molecule has 4 amide bonds. The van der Waals surface area contributed by atoms with Crippen LogP contribution in [0.15, 0.2) is 71.3 Å². The van der Waals surface area contributed by atoms with Crippen molar-refractivity contribution >= 4 is 23.9 Å². The van der Waals surface area contributed by atoms with E-state index in [4.69, 9.17) is 4.42 Å². The van der Waals surface area contributed by atoms with Crippen LogP contribution in [0, 0.1) is 0 Å². The number of furan rings is 1. The molecule has 0 atom stereocenters. The lowest BCUT2D eigenvalue weighted by atomic mass is 10.1. The lowest BCUT2D eigenvalue weighted by Gasteiger charge is -2.25. The Balaban J connectivity index is 1.61. The standard InChI is InChI=1S/C19H14N4O4/c24-17-16(8-14-9-20-23(11-14)15-4-2-1-3-5-15)18(25)22(19(26)21-17)10-13-6-7-27-12-13/h1-9,11-12H,10H2,(H,21,24,26)/b16-8+. The highest BCUT2D eigenvalue weighted by Gasteiger charge is 2.35. The van der Waals surface area contributed by atoms with Gasteiger partial charge in [0.25, 0.3) is 11.8 Å². The Morgan fingerprint density at radius 3 is 2.67 bits per heavy atom. The van der Waals surface area contributed by atoms with Crippen LogP contribution < -0.4 is 5.32 Å². The van der Waals surface area contributed by atoms with Gasteiger partial charge in [0.2, 0.25) is 0 Å². The van der Waals surface area contributed by atoms with Crippen molar-refractivity contribution in [2.75, 3.05) is 0 Å². The lowest BCUT2D eigenvalue weighted by Crippen LogP contribution is -2.53. The minimum Gasteiger partial charge on any atom is -0.472 e. The maximum Gasteiger partial charge on any atom is 0.331 e. The predicted molar refractivity (Wildman–Crippen MR) is 94.3 cm³/mol. The molecule has 3 aromatic rings. The summed E-state index contributed by atoms with van der Waals surface area (Å²) >= 11 is 0. The number of nitrogens with one attached hydrogen (secondary N) is 1. The third-order valence-electron chi connectivity index (χ3n) is 4.04. The number of aromatic nitrogens is 2. The quantitative estimate of drug-likeness (QED) is 0.566. The number of para-hydroxylation sites is 1. The normalized spacial score (nSPS) is 16.1. The molecule has 0 aliphatic carbocycles. The first-order chi connectivity index (χ1) is 13.1. The van der Waals surface area contributed by atoms with E-state index in [1.165, 1.54) is 24.8 Å². The average molecular weight is 362 g/mol. The van der Waals surface area contributed by atoms with E-state index in [0.717, 1.165) is 10.6 Å². The second-order valence-electron chi connectivity index (χ2n) is 5.89. The maximum absolute atomic E-state index is 12.7. The molecule has 1 fully saturated rings. The minimum absolute atomic E-state index is 0.00899. The molecule has 3 heterocycles. The van der Waals surface area contributed by atoms with Crippen LogP contribution in [-0.4, -0.2) is 32.5 Å². The predicted octanol–water partition coefficient (Wildman–Crippen LogP) is 2.13. The summed E-state index contributed by atoms with van der Waals surface area (Å²) < 4.78 is 6.58. The van der Waals surface area contributed by atoms with Crippen LogP contribution in [0.2, 0.25) is 0 Å². The van der Waals surface area contributed by atoms with Gasteiger partial charge in [0.15, 0.2) is 0 Å². The molecule has 134 valence electrons. The summed E-state index contributed by atoms with van der Waals surface area (Å²) in [5.41, 5.74) is 1.92. The molecular formula is C19H14N4O4. The number of imide groups is 2. The summed E-state index contributed by atoms with van der Waals surface area (Å²) in [5.74, 6) is -1.40. The molecule has 0 saturated carbocycles. The van der Waals surface area contributed by atoms with E-state index in [1.54, 1.807) is 16.9 Å².